The predicted molar refractivity (Wildman–Crippen MR) is 88.1 cm³/mol. The summed E-state index contributed by atoms with van der Waals surface area (Å²) in [4.78, 5) is 4.42. The summed E-state index contributed by atoms with van der Waals surface area (Å²) < 4.78 is 0. The number of aromatic nitrogens is 1. The van der Waals surface area contributed by atoms with Gasteiger partial charge in [0.25, 0.3) is 0 Å². The van der Waals surface area contributed by atoms with E-state index in [1.165, 1.54) is 24.1 Å². The molecule has 0 radical (unpaired) electrons. The van der Waals surface area contributed by atoms with Crippen LogP contribution in [-0.2, 0) is 6.54 Å². The number of hydrogen-bond donors (Lipinski definition) is 2. The number of pyridine rings is 1. The molecule has 0 spiro atoms. The lowest BCUT2D eigenvalue weighted by Gasteiger charge is -2.18. The van der Waals surface area contributed by atoms with Crippen molar-refractivity contribution in [3.8, 4) is 0 Å². The van der Waals surface area contributed by atoms with Crippen molar-refractivity contribution >= 4 is 5.69 Å². The third kappa shape index (κ3) is 5.91. The van der Waals surface area contributed by atoms with E-state index in [2.05, 4.69) is 49.4 Å². The maximum absolute atomic E-state index is 4.42. The molecule has 0 aliphatic carbocycles. The molecule has 0 amide bonds. The van der Waals surface area contributed by atoms with Gasteiger partial charge in [0.2, 0.25) is 0 Å². The van der Waals surface area contributed by atoms with Gasteiger partial charge in [-0.05, 0) is 31.4 Å². The summed E-state index contributed by atoms with van der Waals surface area (Å²) in [5, 5.41) is 7.11. The molecule has 2 N–H and O–H groups in total. The summed E-state index contributed by atoms with van der Waals surface area (Å²) in [6.07, 6.45) is 4.46. The first-order valence-corrected chi connectivity index (χ1v) is 7.96. The van der Waals surface area contributed by atoms with Gasteiger partial charge in [-0.15, -0.1) is 0 Å². The molecule has 0 aliphatic heterocycles. The number of anilines is 1. The van der Waals surface area contributed by atoms with Gasteiger partial charge in [0.1, 0.15) is 0 Å². The quantitative estimate of drug-likeness (QED) is 0.717. The summed E-state index contributed by atoms with van der Waals surface area (Å²) in [5.41, 5.74) is 3.58. The standard InChI is InChI=1S/C17H31N3/c1-6-15(7-2)10-20-17-8-14(5)19-12-16(17)11-18-9-13(3)4/h8,12-13,15,18H,6-7,9-11H2,1-5H3,(H,19,20). The molecule has 0 bridgehead atoms. The van der Waals surface area contributed by atoms with Crippen molar-refractivity contribution in [3.05, 3.63) is 23.5 Å². The van der Waals surface area contributed by atoms with Gasteiger partial charge in [0.05, 0.1) is 0 Å². The minimum atomic E-state index is 0.675. The Bertz CT molecular complexity index is 384. The van der Waals surface area contributed by atoms with Crippen molar-refractivity contribution in [2.24, 2.45) is 11.8 Å². The van der Waals surface area contributed by atoms with Crippen LogP contribution in [0.2, 0.25) is 0 Å². The normalized spacial score (nSPS) is 11.3. The molecule has 1 heterocycles. The van der Waals surface area contributed by atoms with Gasteiger partial charge < -0.3 is 10.6 Å². The lowest BCUT2D eigenvalue weighted by molar-refractivity contribution is 0.518. The fraction of sp³-hybridized carbons (Fsp3) is 0.706. The maximum atomic E-state index is 4.42. The summed E-state index contributed by atoms with van der Waals surface area (Å²) >= 11 is 0. The second-order valence-corrected chi connectivity index (χ2v) is 6.07. The molecule has 114 valence electrons. The number of rotatable bonds is 9. The smallest absolute Gasteiger partial charge is 0.0419 e. The Labute approximate surface area is 124 Å². The molecule has 1 aromatic rings. The minimum absolute atomic E-state index is 0.675. The Morgan fingerprint density at radius 3 is 2.45 bits per heavy atom. The lowest BCUT2D eigenvalue weighted by Crippen LogP contribution is -2.21. The fourth-order valence-corrected chi connectivity index (χ4v) is 2.22. The second-order valence-electron chi connectivity index (χ2n) is 6.07. The first-order chi connectivity index (χ1) is 9.56. The van der Waals surface area contributed by atoms with Crippen LogP contribution in [0.3, 0.4) is 0 Å². The van der Waals surface area contributed by atoms with Crippen molar-refractivity contribution in [1.29, 1.82) is 0 Å². The molecule has 0 atom stereocenters. The van der Waals surface area contributed by atoms with E-state index in [9.17, 15) is 0 Å². The summed E-state index contributed by atoms with van der Waals surface area (Å²) in [6, 6.07) is 2.16. The van der Waals surface area contributed by atoms with Crippen LogP contribution >= 0.6 is 0 Å². The van der Waals surface area contributed by atoms with Crippen LogP contribution in [0.5, 0.6) is 0 Å². The average Bonchev–Trinajstić information content (AvgIpc) is 2.41. The van der Waals surface area contributed by atoms with E-state index in [1.54, 1.807) is 0 Å². The van der Waals surface area contributed by atoms with Gasteiger partial charge in [-0.2, -0.15) is 0 Å². The van der Waals surface area contributed by atoms with E-state index >= 15 is 0 Å². The molecular weight excluding hydrogens is 246 g/mol. The SMILES string of the molecule is CCC(CC)CNc1cc(C)ncc1CNCC(C)C. The Morgan fingerprint density at radius 1 is 1.15 bits per heavy atom. The Hall–Kier alpha value is -1.09. The monoisotopic (exact) mass is 277 g/mol. The summed E-state index contributed by atoms with van der Waals surface area (Å²) in [7, 11) is 0. The third-order valence-corrected chi connectivity index (χ3v) is 3.73. The van der Waals surface area contributed by atoms with Crippen molar-refractivity contribution in [2.75, 3.05) is 18.4 Å². The predicted octanol–water partition coefficient (Wildman–Crippen LogP) is 3.98. The van der Waals surface area contributed by atoms with Crippen LogP contribution in [0.4, 0.5) is 5.69 Å². The Balaban J connectivity index is 2.64. The van der Waals surface area contributed by atoms with Crippen LogP contribution in [-0.4, -0.2) is 18.1 Å². The Kier molecular flexibility index (Phi) is 7.60. The molecule has 0 aromatic carbocycles. The highest BCUT2D eigenvalue weighted by atomic mass is 14.9. The van der Waals surface area contributed by atoms with Gasteiger partial charge >= 0.3 is 0 Å². The highest BCUT2D eigenvalue weighted by Crippen LogP contribution is 2.17. The molecule has 3 nitrogen and oxygen atoms in total. The van der Waals surface area contributed by atoms with Crippen molar-refractivity contribution in [2.45, 2.75) is 54.0 Å². The van der Waals surface area contributed by atoms with Crippen LogP contribution in [0, 0.1) is 18.8 Å². The maximum Gasteiger partial charge on any atom is 0.0419 e. The fourth-order valence-electron chi connectivity index (χ4n) is 2.22. The first kappa shape index (κ1) is 17.0. The summed E-state index contributed by atoms with van der Waals surface area (Å²) in [5.74, 6) is 1.43. The van der Waals surface area contributed by atoms with Gasteiger partial charge in [-0.1, -0.05) is 40.5 Å². The molecule has 0 aliphatic rings. The van der Waals surface area contributed by atoms with Gasteiger partial charge in [0.15, 0.2) is 0 Å². The second kappa shape index (κ2) is 8.96. The molecule has 20 heavy (non-hydrogen) atoms. The van der Waals surface area contributed by atoms with E-state index in [-0.39, 0.29) is 0 Å². The van der Waals surface area contributed by atoms with E-state index in [0.717, 1.165) is 31.2 Å². The molecular formula is C17H31N3. The van der Waals surface area contributed by atoms with Crippen LogP contribution < -0.4 is 10.6 Å². The molecule has 0 saturated heterocycles. The molecule has 0 unspecified atom stereocenters. The van der Waals surface area contributed by atoms with Crippen molar-refractivity contribution in [1.82, 2.24) is 10.3 Å². The number of aryl methyl sites for hydroxylation is 1. The van der Waals surface area contributed by atoms with Crippen molar-refractivity contribution in [3.63, 3.8) is 0 Å². The van der Waals surface area contributed by atoms with Crippen LogP contribution in [0.15, 0.2) is 12.3 Å². The number of hydrogen-bond acceptors (Lipinski definition) is 3. The summed E-state index contributed by atoms with van der Waals surface area (Å²) in [6.45, 7) is 14.0. The molecule has 0 fully saturated rings. The third-order valence-electron chi connectivity index (χ3n) is 3.73. The highest BCUT2D eigenvalue weighted by Gasteiger charge is 2.07. The van der Waals surface area contributed by atoms with Crippen LogP contribution in [0.25, 0.3) is 0 Å². The minimum Gasteiger partial charge on any atom is -0.384 e. The molecule has 1 rings (SSSR count). The van der Waals surface area contributed by atoms with Crippen molar-refractivity contribution < 1.29 is 0 Å². The van der Waals surface area contributed by atoms with E-state index in [4.69, 9.17) is 0 Å². The zero-order valence-electron chi connectivity index (χ0n) is 13.8. The number of nitrogens with zero attached hydrogens (tertiary/aromatic N) is 1. The molecule has 3 heteroatoms. The zero-order chi connectivity index (χ0) is 15.0. The van der Waals surface area contributed by atoms with E-state index in [1.807, 2.05) is 13.1 Å². The van der Waals surface area contributed by atoms with Crippen LogP contribution in [0.1, 0.15) is 51.8 Å². The zero-order valence-corrected chi connectivity index (χ0v) is 13.8. The van der Waals surface area contributed by atoms with E-state index < -0.39 is 0 Å². The average molecular weight is 277 g/mol. The van der Waals surface area contributed by atoms with E-state index in [0.29, 0.717) is 5.92 Å². The first-order valence-electron chi connectivity index (χ1n) is 7.96. The molecule has 1 aromatic heterocycles. The van der Waals surface area contributed by atoms with Gasteiger partial charge in [-0.3, -0.25) is 4.98 Å². The largest absolute Gasteiger partial charge is 0.384 e. The highest BCUT2D eigenvalue weighted by molar-refractivity contribution is 5.51. The number of nitrogens with one attached hydrogen (secondary N) is 2. The Morgan fingerprint density at radius 2 is 1.85 bits per heavy atom. The lowest BCUT2D eigenvalue weighted by atomic mass is 10.0. The van der Waals surface area contributed by atoms with Gasteiger partial charge in [0, 0.05) is 36.2 Å². The molecule has 0 saturated carbocycles. The topological polar surface area (TPSA) is 37.0 Å². The van der Waals surface area contributed by atoms with Gasteiger partial charge in [-0.25, -0.2) is 0 Å².